The van der Waals surface area contributed by atoms with E-state index in [-0.39, 0.29) is 42.8 Å². The molecule has 2 aliphatic heterocycles. The van der Waals surface area contributed by atoms with E-state index >= 15 is 0 Å². The highest BCUT2D eigenvalue weighted by molar-refractivity contribution is 7.89. The summed E-state index contributed by atoms with van der Waals surface area (Å²) >= 11 is 0. The van der Waals surface area contributed by atoms with E-state index in [1.807, 2.05) is 0 Å². The SMILES string of the molecule is CC(=O)c1cccc(S(=O)(=O)N2CC(CN3C(=O)COC3=O)C2)c1. The normalized spacial score (nSPS) is 19.3. The van der Waals surface area contributed by atoms with Crippen molar-refractivity contribution >= 4 is 27.8 Å². The zero-order chi connectivity index (χ0) is 17.5. The largest absolute Gasteiger partial charge is 0.439 e. The van der Waals surface area contributed by atoms with E-state index in [0.29, 0.717) is 5.56 Å². The van der Waals surface area contributed by atoms with E-state index in [0.717, 1.165) is 4.90 Å². The molecule has 9 heteroatoms. The molecule has 0 N–H and O–H groups in total. The first-order chi connectivity index (χ1) is 11.3. The van der Waals surface area contributed by atoms with Crippen LogP contribution in [-0.4, -0.2) is 61.6 Å². The highest BCUT2D eigenvalue weighted by atomic mass is 32.2. The number of cyclic esters (lactones) is 1. The molecule has 0 radical (unpaired) electrons. The number of ketones is 1. The van der Waals surface area contributed by atoms with Gasteiger partial charge in [0, 0.05) is 31.1 Å². The number of rotatable bonds is 5. The summed E-state index contributed by atoms with van der Waals surface area (Å²) in [5.74, 6) is -0.736. The van der Waals surface area contributed by atoms with E-state index in [9.17, 15) is 22.8 Å². The fourth-order valence-corrected chi connectivity index (χ4v) is 4.31. The first kappa shape index (κ1) is 16.6. The van der Waals surface area contributed by atoms with Gasteiger partial charge in [-0.05, 0) is 19.1 Å². The average molecular weight is 352 g/mol. The molecular formula is C15H16N2O6S. The molecule has 0 atom stereocenters. The predicted molar refractivity (Wildman–Crippen MR) is 81.8 cm³/mol. The lowest BCUT2D eigenvalue weighted by atomic mass is 10.0. The molecule has 1 aromatic carbocycles. The van der Waals surface area contributed by atoms with Crippen LogP contribution in [0.1, 0.15) is 17.3 Å². The summed E-state index contributed by atoms with van der Waals surface area (Å²) in [6.45, 7) is 1.69. The lowest BCUT2D eigenvalue weighted by Crippen LogP contribution is -2.54. The van der Waals surface area contributed by atoms with Crippen LogP contribution >= 0.6 is 0 Å². The third kappa shape index (κ3) is 2.92. The number of hydrogen-bond acceptors (Lipinski definition) is 6. The number of benzene rings is 1. The van der Waals surface area contributed by atoms with E-state index in [4.69, 9.17) is 0 Å². The number of hydrogen-bond donors (Lipinski definition) is 0. The van der Waals surface area contributed by atoms with E-state index in [2.05, 4.69) is 4.74 Å². The molecule has 3 rings (SSSR count). The number of Topliss-reactive ketones (excluding diaryl/α,β-unsaturated/α-hetero) is 1. The highest BCUT2D eigenvalue weighted by Crippen LogP contribution is 2.27. The molecule has 2 heterocycles. The van der Waals surface area contributed by atoms with Gasteiger partial charge in [0.2, 0.25) is 10.0 Å². The van der Waals surface area contributed by atoms with Crippen LogP contribution in [0.5, 0.6) is 0 Å². The van der Waals surface area contributed by atoms with Gasteiger partial charge in [0.25, 0.3) is 5.91 Å². The zero-order valence-electron chi connectivity index (χ0n) is 13.0. The summed E-state index contributed by atoms with van der Waals surface area (Å²) in [6, 6.07) is 5.88. The Morgan fingerprint density at radius 2 is 2.00 bits per heavy atom. The molecule has 0 saturated carbocycles. The van der Waals surface area contributed by atoms with Crippen molar-refractivity contribution in [1.82, 2.24) is 9.21 Å². The van der Waals surface area contributed by atoms with Gasteiger partial charge in [-0.1, -0.05) is 12.1 Å². The second-order valence-electron chi connectivity index (χ2n) is 5.83. The fraction of sp³-hybridized carbons (Fsp3) is 0.400. The van der Waals surface area contributed by atoms with Crippen molar-refractivity contribution in [1.29, 1.82) is 0 Å². The van der Waals surface area contributed by atoms with Crippen LogP contribution < -0.4 is 0 Å². The number of ether oxygens (including phenoxy) is 1. The average Bonchev–Trinajstić information content (AvgIpc) is 2.81. The summed E-state index contributed by atoms with van der Waals surface area (Å²) in [5.41, 5.74) is 0.332. The van der Waals surface area contributed by atoms with Gasteiger partial charge in [-0.3, -0.25) is 9.59 Å². The number of sulfonamides is 1. The maximum absolute atomic E-state index is 12.5. The molecule has 128 valence electrons. The van der Waals surface area contributed by atoms with Crippen LogP contribution in [0.4, 0.5) is 4.79 Å². The highest BCUT2D eigenvalue weighted by Gasteiger charge is 2.41. The second kappa shape index (κ2) is 5.99. The molecule has 0 aromatic heterocycles. The summed E-state index contributed by atoms with van der Waals surface area (Å²) in [4.78, 5) is 35.3. The van der Waals surface area contributed by atoms with Crippen molar-refractivity contribution in [3.8, 4) is 0 Å². The minimum atomic E-state index is -3.69. The van der Waals surface area contributed by atoms with E-state index in [1.54, 1.807) is 6.07 Å². The summed E-state index contributed by atoms with van der Waals surface area (Å²) < 4.78 is 31.0. The Hall–Kier alpha value is -2.26. The Morgan fingerprint density at radius 1 is 1.29 bits per heavy atom. The minimum absolute atomic E-state index is 0.0605. The van der Waals surface area contributed by atoms with Crippen LogP contribution in [0.2, 0.25) is 0 Å². The molecule has 2 fully saturated rings. The Kier molecular flexibility index (Phi) is 4.14. The summed E-state index contributed by atoms with van der Waals surface area (Å²) in [7, 11) is -3.69. The molecule has 0 aliphatic carbocycles. The Labute approximate surface area is 139 Å². The minimum Gasteiger partial charge on any atom is -0.439 e. The Balaban J connectivity index is 1.66. The molecule has 8 nitrogen and oxygen atoms in total. The maximum atomic E-state index is 12.5. The standard InChI is InChI=1S/C15H16N2O6S/c1-10(18)12-3-2-4-13(5-12)24(21,22)16-6-11(7-16)8-17-14(19)9-23-15(17)20/h2-5,11H,6-9H2,1H3. The molecule has 2 saturated heterocycles. The molecule has 1 aromatic rings. The number of carbonyl (C=O) groups is 3. The van der Waals surface area contributed by atoms with Gasteiger partial charge in [0.1, 0.15) is 0 Å². The lowest BCUT2D eigenvalue weighted by molar-refractivity contribution is -0.126. The van der Waals surface area contributed by atoms with Gasteiger partial charge in [0.15, 0.2) is 12.4 Å². The van der Waals surface area contributed by atoms with Gasteiger partial charge in [0.05, 0.1) is 4.90 Å². The molecule has 2 aliphatic rings. The summed E-state index contributed by atoms with van der Waals surface area (Å²) in [6.07, 6.45) is -0.685. The number of imide groups is 1. The van der Waals surface area contributed by atoms with Crippen molar-refractivity contribution < 1.29 is 27.5 Å². The van der Waals surface area contributed by atoms with Gasteiger partial charge < -0.3 is 4.74 Å². The fourth-order valence-electron chi connectivity index (χ4n) is 2.67. The molecule has 2 amide bonds. The number of carbonyl (C=O) groups excluding carboxylic acids is 3. The van der Waals surface area contributed by atoms with Crippen LogP contribution in [0.3, 0.4) is 0 Å². The number of nitrogens with zero attached hydrogens (tertiary/aromatic N) is 2. The monoisotopic (exact) mass is 352 g/mol. The summed E-state index contributed by atoms with van der Waals surface area (Å²) in [5, 5.41) is 0. The van der Waals surface area contributed by atoms with E-state index < -0.39 is 22.0 Å². The number of amides is 2. The van der Waals surface area contributed by atoms with Crippen LogP contribution in [0, 0.1) is 5.92 Å². The first-order valence-electron chi connectivity index (χ1n) is 7.37. The van der Waals surface area contributed by atoms with E-state index in [1.165, 1.54) is 29.4 Å². The third-order valence-corrected chi connectivity index (χ3v) is 5.91. The quantitative estimate of drug-likeness (QED) is 0.715. The van der Waals surface area contributed by atoms with Crippen molar-refractivity contribution in [2.45, 2.75) is 11.8 Å². The lowest BCUT2D eigenvalue weighted by Gasteiger charge is -2.39. The maximum Gasteiger partial charge on any atom is 0.417 e. The Bertz CT molecular complexity index is 797. The van der Waals surface area contributed by atoms with Crippen molar-refractivity contribution in [3.05, 3.63) is 29.8 Å². The predicted octanol–water partition coefficient (Wildman–Crippen LogP) is 0.488. The third-order valence-electron chi connectivity index (χ3n) is 4.08. The zero-order valence-corrected chi connectivity index (χ0v) is 13.8. The smallest absolute Gasteiger partial charge is 0.417 e. The molecule has 0 spiro atoms. The van der Waals surface area contributed by atoms with Crippen molar-refractivity contribution in [2.75, 3.05) is 26.2 Å². The second-order valence-corrected chi connectivity index (χ2v) is 7.77. The molecule has 0 bridgehead atoms. The van der Waals surface area contributed by atoms with Gasteiger partial charge in [-0.15, -0.1) is 0 Å². The van der Waals surface area contributed by atoms with Crippen LogP contribution in [0.15, 0.2) is 29.2 Å². The van der Waals surface area contributed by atoms with Crippen LogP contribution in [0.25, 0.3) is 0 Å². The Morgan fingerprint density at radius 3 is 2.58 bits per heavy atom. The first-order valence-corrected chi connectivity index (χ1v) is 8.81. The van der Waals surface area contributed by atoms with Crippen molar-refractivity contribution in [3.63, 3.8) is 0 Å². The topological polar surface area (TPSA) is 101 Å². The van der Waals surface area contributed by atoms with Gasteiger partial charge in [-0.2, -0.15) is 4.31 Å². The molecule has 24 heavy (non-hydrogen) atoms. The van der Waals surface area contributed by atoms with Gasteiger partial charge in [-0.25, -0.2) is 18.1 Å². The van der Waals surface area contributed by atoms with Crippen molar-refractivity contribution in [2.24, 2.45) is 5.92 Å². The van der Waals surface area contributed by atoms with Gasteiger partial charge >= 0.3 is 6.09 Å². The molecular weight excluding hydrogens is 336 g/mol. The molecule has 0 unspecified atom stereocenters. The van der Waals surface area contributed by atoms with Crippen LogP contribution in [-0.2, 0) is 19.6 Å².